The summed E-state index contributed by atoms with van der Waals surface area (Å²) in [6, 6.07) is 19.7. The van der Waals surface area contributed by atoms with Gasteiger partial charge in [0.1, 0.15) is 11.6 Å². The third-order valence-electron chi connectivity index (χ3n) is 4.28. The molecule has 0 bridgehead atoms. The van der Waals surface area contributed by atoms with Crippen molar-refractivity contribution in [2.24, 2.45) is 0 Å². The first-order valence-corrected chi connectivity index (χ1v) is 8.15. The molecule has 3 rings (SSSR count). The summed E-state index contributed by atoms with van der Waals surface area (Å²) in [6.07, 6.45) is 0.111. The highest BCUT2D eigenvalue weighted by Gasteiger charge is 2.26. The van der Waals surface area contributed by atoms with E-state index in [0.717, 1.165) is 5.56 Å². The van der Waals surface area contributed by atoms with E-state index in [4.69, 9.17) is 0 Å². The molecule has 0 amide bonds. The van der Waals surface area contributed by atoms with Gasteiger partial charge in [0.15, 0.2) is 5.78 Å². The third kappa shape index (κ3) is 3.82. The van der Waals surface area contributed by atoms with Gasteiger partial charge in [-0.05, 0) is 42.7 Å². The van der Waals surface area contributed by atoms with Crippen molar-refractivity contribution < 1.29 is 13.6 Å². The molecule has 0 aromatic heterocycles. The zero-order valence-corrected chi connectivity index (χ0v) is 13.9. The Morgan fingerprint density at radius 1 is 0.880 bits per heavy atom. The van der Waals surface area contributed by atoms with Crippen LogP contribution in [0.25, 0.3) is 0 Å². The van der Waals surface area contributed by atoms with Gasteiger partial charge in [-0.15, -0.1) is 0 Å². The second kappa shape index (κ2) is 7.39. The van der Waals surface area contributed by atoms with Crippen LogP contribution in [-0.2, 0) is 6.42 Å². The molecular weight excluding hydrogens is 318 g/mol. The molecule has 0 spiro atoms. The quantitative estimate of drug-likeness (QED) is 0.564. The Bertz CT molecular complexity index is 902. The maximum Gasteiger partial charge on any atom is 0.170 e. The van der Waals surface area contributed by atoms with Gasteiger partial charge in [-0.1, -0.05) is 60.2 Å². The van der Waals surface area contributed by atoms with Crippen LogP contribution in [0.1, 0.15) is 33.0 Å². The SMILES string of the molecule is Cc1cccc(C(=O)C(Cc2ccccc2F)c2ccccc2F)c1. The van der Waals surface area contributed by atoms with Gasteiger partial charge < -0.3 is 0 Å². The largest absolute Gasteiger partial charge is 0.293 e. The van der Waals surface area contributed by atoms with Crippen LogP contribution in [0.3, 0.4) is 0 Å². The van der Waals surface area contributed by atoms with Crippen molar-refractivity contribution in [3.8, 4) is 0 Å². The molecule has 3 aromatic rings. The number of Topliss-reactive ketones (excluding diaryl/α,β-unsaturated/α-hetero) is 1. The van der Waals surface area contributed by atoms with Crippen molar-refractivity contribution in [3.05, 3.63) is 107 Å². The Morgan fingerprint density at radius 3 is 2.24 bits per heavy atom. The average Bonchev–Trinajstić information content (AvgIpc) is 2.61. The van der Waals surface area contributed by atoms with Gasteiger partial charge in [-0.25, -0.2) is 8.78 Å². The maximum atomic E-state index is 14.4. The first-order chi connectivity index (χ1) is 12.1. The van der Waals surface area contributed by atoms with Crippen molar-refractivity contribution in [3.63, 3.8) is 0 Å². The fourth-order valence-electron chi connectivity index (χ4n) is 2.98. The predicted molar refractivity (Wildman–Crippen MR) is 94.8 cm³/mol. The molecule has 1 nitrogen and oxygen atoms in total. The summed E-state index contributed by atoms with van der Waals surface area (Å²) in [5, 5.41) is 0. The summed E-state index contributed by atoms with van der Waals surface area (Å²) >= 11 is 0. The molecule has 0 radical (unpaired) electrons. The van der Waals surface area contributed by atoms with Gasteiger partial charge >= 0.3 is 0 Å². The molecule has 0 fully saturated rings. The van der Waals surface area contributed by atoms with Crippen LogP contribution in [0.4, 0.5) is 8.78 Å². The van der Waals surface area contributed by atoms with E-state index in [-0.39, 0.29) is 23.6 Å². The van der Waals surface area contributed by atoms with Gasteiger partial charge in [-0.2, -0.15) is 0 Å². The van der Waals surface area contributed by atoms with Crippen LogP contribution in [-0.4, -0.2) is 5.78 Å². The Balaban J connectivity index is 2.04. The molecule has 0 aliphatic carbocycles. The number of aryl methyl sites for hydroxylation is 1. The van der Waals surface area contributed by atoms with Crippen LogP contribution in [0.5, 0.6) is 0 Å². The molecule has 0 saturated carbocycles. The van der Waals surface area contributed by atoms with Crippen molar-refractivity contribution in [1.29, 1.82) is 0 Å². The van der Waals surface area contributed by atoms with E-state index in [1.54, 1.807) is 54.6 Å². The molecule has 0 N–H and O–H groups in total. The Labute approximate surface area is 145 Å². The molecule has 126 valence electrons. The number of rotatable bonds is 5. The molecule has 25 heavy (non-hydrogen) atoms. The van der Waals surface area contributed by atoms with Crippen LogP contribution in [0.15, 0.2) is 72.8 Å². The second-order valence-corrected chi connectivity index (χ2v) is 6.10. The fourth-order valence-corrected chi connectivity index (χ4v) is 2.98. The van der Waals surface area contributed by atoms with E-state index in [1.165, 1.54) is 12.1 Å². The average molecular weight is 336 g/mol. The predicted octanol–water partition coefficient (Wildman–Crippen LogP) is 5.48. The van der Waals surface area contributed by atoms with Gasteiger partial charge in [0.25, 0.3) is 0 Å². The summed E-state index contributed by atoms with van der Waals surface area (Å²) in [5.74, 6) is -1.83. The third-order valence-corrected chi connectivity index (χ3v) is 4.28. The summed E-state index contributed by atoms with van der Waals surface area (Å²) < 4.78 is 28.4. The molecule has 1 atom stereocenters. The van der Waals surface area contributed by atoms with Crippen LogP contribution < -0.4 is 0 Å². The van der Waals surface area contributed by atoms with Crippen molar-refractivity contribution in [2.45, 2.75) is 19.3 Å². The summed E-state index contributed by atoms with van der Waals surface area (Å²) in [5.41, 5.74) is 2.14. The lowest BCUT2D eigenvalue weighted by atomic mass is 9.85. The molecular formula is C22H18F2O. The topological polar surface area (TPSA) is 17.1 Å². The molecule has 0 aliphatic heterocycles. The minimum Gasteiger partial charge on any atom is -0.293 e. The Kier molecular flexibility index (Phi) is 5.03. The number of carbonyl (C=O) groups is 1. The van der Waals surface area contributed by atoms with Gasteiger partial charge in [-0.3, -0.25) is 4.79 Å². The Morgan fingerprint density at radius 2 is 1.56 bits per heavy atom. The Hall–Kier alpha value is -2.81. The summed E-state index contributed by atoms with van der Waals surface area (Å²) in [4.78, 5) is 13.1. The summed E-state index contributed by atoms with van der Waals surface area (Å²) in [6.45, 7) is 1.89. The lowest BCUT2D eigenvalue weighted by Crippen LogP contribution is -2.18. The zero-order chi connectivity index (χ0) is 17.8. The van der Waals surface area contributed by atoms with Crippen LogP contribution >= 0.6 is 0 Å². The van der Waals surface area contributed by atoms with E-state index in [0.29, 0.717) is 11.1 Å². The van der Waals surface area contributed by atoms with E-state index in [1.807, 2.05) is 13.0 Å². The normalized spacial score (nSPS) is 12.0. The first kappa shape index (κ1) is 17.0. The standard InChI is InChI=1S/C22H18F2O/c1-15-7-6-9-17(13-15)22(25)19(18-10-3-5-12-21(18)24)14-16-8-2-4-11-20(16)23/h2-13,19H,14H2,1H3. The van der Waals surface area contributed by atoms with Crippen molar-refractivity contribution >= 4 is 5.78 Å². The monoisotopic (exact) mass is 336 g/mol. The van der Waals surface area contributed by atoms with E-state index in [2.05, 4.69) is 0 Å². The highest BCUT2D eigenvalue weighted by molar-refractivity contribution is 6.01. The number of hydrogen-bond donors (Lipinski definition) is 0. The minimum absolute atomic E-state index is 0.111. The first-order valence-electron chi connectivity index (χ1n) is 8.15. The van der Waals surface area contributed by atoms with E-state index >= 15 is 0 Å². The zero-order valence-electron chi connectivity index (χ0n) is 13.9. The lowest BCUT2D eigenvalue weighted by Gasteiger charge is -2.18. The number of hydrogen-bond acceptors (Lipinski definition) is 1. The second-order valence-electron chi connectivity index (χ2n) is 6.10. The van der Waals surface area contributed by atoms with Crippen molar-refractivity contribution in [2.75, 3.05) is 0 Å². The lowest BCUT2D eigenvalue weighted by molar-refractivity contribution is 0.0956. The number of ketones is 1. The molecule has 0 heterocycles. The van der Waals surface area contributed by atoms with Gasteiger partial charge in [0, 0.05) is 5.56 Å². The number of carbonyl (C=O) groups excluding carboxylic acids is 1. The number of benzene rings is 3. The maximum absolute atomic E-state index is 14.4. The number of halogens is 2. The summed E-state index contributed by atoms with van der Waals surface area (Å²) in [7, 11) is 0. The smallest absolute Gasteiger partial charge is 0.170 e. The molecule has 1 unspecified atom stereocenters. The van der Waals surface area contributed by atoms with Gasteiger partial charge in [0.2, 0.25) is 0 Å². The van der Waals surface area contributed by atoms with E-state index in [9.17, 15) is 13.6 Å². The van der Waals surface area contributed by atoms with Crippen molar-refractivity contribution in [1.82, 2.24) is 0 Å². The molecule has 3 aromatic carbocycles. The van der Waals surface area contributed by atoms with Gasteiger partial charge in [0.05, 0.1) is 5.92 Å². The van der Waals surface area contributed by atoms with E-state index < -0.39 is 11.7 Å². The minimum atomic E-state index is -0.778. The molecule has 0 aliphatic rings. The molecule has 0 saturated heterocycles. The van der Waals surface area contributed by atoms with Crippen LogP contribution in [0, 0.1) is 18.6 Å². The highest BCUT2D eigenvalue weighted by Crippen LogP contribution is 2.28. The highest BCUT2D eigenvalue weighted by atomic mass is 19.1. The fraction of sp³-hybridized carbons (Fsp3) is 0.136. The molecule has 3 heteroatoms. The van der Waals surface area contributed by atoms with Crippen LogP contribution in [0.2, 0.25) is 0 Å².